The number of amides is 1. The van der Waals surface area contributed by atoms with Gasteiger partial charge in [0.05, 0.1) is 0 Å². The lowest BCUT2D eigenvalue weighted by Gasteiger charge is -2.22. The predicted octanol–water partition coefficient (Wildman–Crippen LogP) is 4.43. The van der Waals surface area contributed by atoms with E-state index in [1.165, 1.54) is 0 Å². The van der Waals surface area contributed by atoms with Crippen LogP contribution >= 0.6 is 0 Å². The molecule has 0 unspecified atom stereocenters. The standard InChI is InChI=1S/C18H31NO4/c1-7-8-9-10-11-14(12-13(2)3)15(16(20)21)19-17(22)23-18(4,5)6/h15H,7-11H2,1-6H3,(H,19,22)(H,20,21)/t15-/m1/s1. The van der Waals surface area contributed by atoms with Crippen LogP contribution in [0.5, 0.6) is 0 Å². The Labute approximate surface area is 139 Å². The maximum absolute atomic E-state index is 11.9. The quantitative estimate of drug-likeness (QED) is 0.511. The molecule has 132 valence electrons. The molecule has 0 rings (SSSR count). The van der Waals surface area contributed by atoms with Crippen molar-refractivity contribution in [1.82, 2.24) is 5.32 Å². The highest BCUT2D eigenvalue weighted by molar-refractivity contribution is 5.83. The summed E-state index contributed by atoms with van der Waals surface area (Å²) in [5.74, 6) is -1.10. The third-order valence-corrected chi connectivity index (χ3v) is 2.97. The summed E-state index contributed by atoms with van der Waals surface area (Å²) in [7, 11) is 0. The first-order chi connectivity index (χ1) is 10.6. The number of hydrogen-bond donors (Lipinski definition) is 2. The number of carboxylic acids is 1. The highest BCUT2D eigenvalue weighted by atomic mass is 16.6. The third-order valence-electron chi connectivity index (χ3n) is 2.97. The van der Waals surface area contributed by atoms with Gasteiger partial charge in [-0.2, -0.15) is 0 Å². The number of aliphatic carboxylic acids is 1. The molecule has 2 N–H and O–H groups in total. The summed E-state index contributed by atoms with van der Waals surface area (Å²) in [5.41, 5.74) is 3.88. The van der Waals surface area contributed by atoms with E-state index in [9.17, 15) is 14.7 Å². The van der Waals surface area contributed by atoms with E-state index in [0.29, 0.717) is 12.0 Å². The van der Waals surface area contributed by atoms with Crippen molar-refractivity contribution in [1.29, 1.82) is 0 Å². The summed E-state index contributed by atoms with van der Waals surface area (Å²) < 4.78 is 5.16. The molecule has 0 saturated carbocycles. The lowest BCUT2D eigenvalue weighted by molar-refractivity contribution is -0.138. The number of hydrogen-bond acceptors (Lipinski definition) is 3. The Morgan fingerprint density at radius 1 is 1.17 bits per heavy atom. The molecule has 0 spiro atoms. The highest BCUT2D eigenvalue weighted by Crippen LogP contribution is 2.15. The second kappa shape index (κ2) is 10.1. The molecule has 0 bridgehead atoms. The van der Waals surface area contributed by atoms with E-state index < -0.39 is 23.7 Å². The molecular weight excluding hydrogens is 294 g/mol. The van der Waals surface area contributed by atoms with Gasteiger partial charge in [0, 0.05) is 5.57 Å². The van der Waals surface area contributed by atoms with Crippen LogP contribution in [0.4, 0.5) is 4.79 Å². The van der Waals surface area contributed by atoms with Crippen molar-refractivity contribution in [3.63, 3.8) is 0 Å². The van der Waals surface area contributed by atoms with Gasteiger partial charge in [-0.25, -0.2) is 9.59 Å². The summed E-state index contributed by atoms with van der Waals surface area (Å²) in [6.07, 6.45) is 4.00. The first kappa shape index (κ1) is 21.3. The molecule has 0 aliphatic carbocycles. The lowest BCUT2D eigenvalue weighted by atomic mass is 10.00. The fraction of sp³-hybridized carbons (Fsp3) is 0.722. The maximum Gasteiger partial charge on any atom is 0.408 e. The second-order valence-electron chi connectivity index (χ2n) is 6.88. The molecule has 1 atom stereocenters. The zero-order valence-electron chi connectivity index (χ0n) is 15.3. The van der Waals surface area contributed by atoms with E-state index in [2.05, 4.69) is 18.0 Å². The second-order valence-corrected chi connectivity index (χ2v) is 6.88. The fourth-order valence-electron chi connectivity index (χ4n) is 2.07. The molecule has 0 saturated heterocycles. The van der Waals surface area contributed by atoms with E-state index in [1.54, 1.807) is 20.8 Å². The van der Waals surface area contributed by atoms with Crippen molar-refractivity contribution in [2.75, 3.05) is 0 Å². The van der Waals surface area contributed by atoms with Gasteiger partial charge in [0.25, 0.3) is 0 Å². The minimum atomic E-state index is -1.11. The summed E-state index contributed by atoms with van der Waals surface area (Å²) >= 11 is 0. The summed E-state index contributed by atoms with van der Waals surface area (Å²) in [4.78, 5) is 23.5. The summed E-state index contributed by atoms with van der Waals surface area (Å²) in [6.45, 7) is 11.0. The predicted molar refractivity (Wildman–Crippen MR) is 91.4 cm³/mol. The SMILES string of the molecule is CCCCCCC(=C=C(C)C)[C@@H](NC(=O)OC(C)(C)C)C(=O)O. The Morgan fingerprint density at radius 2 is 1.78 bits per heavy atom. The molecule has 0 fully saturated rings. The number of unbranched alkanes of at least 4 members (excludes halogenated alkanes) is 3. The number of ether oxygens (including phenoxy) is 1. The van der Waals surface area contributed by atoms with Crippen LogP contribution in [0.25, 0.3) is 0 Å². The van der Waals surface area contributed by atoms with Gasteiger partial charge in [0.15, 0.2) is 6.04 Å². The molecule has 0 aliphatic heterocycles. The molecule has 0 heterocycles. The minimum Gasteiger partial charge on any atom is -0.479 e. The lowest BCUT2D eigenvalue weighted by Crippen LogP contribution is -2.44. The molecule has 0 radical (unpaired) electrons. The fourth-order valence-corrected chi connectivity index (χ4v) is 2.07. The van der Waals surface area contributed by atoms with Gasteiger partial charge in [-0.1, -0.05) is 26.2 Å². The van der Waals surface area contributed by atoms with Crippen molar-refractivity contribution >= 4 is 12.1 Å². The molecule has 0 aromatic carbocycles. The van der Waals surface area contributed by atoms with Gasteiger partial charge < -0.3 is 15.2 Å². The van der Waals surface area contributed by atoms with Crippen LogP contribution in [-0.2, 0) is 9.53 Å². The molecule has 1 amide bonds. The van der Waals surface area contributed by atoms with Crippen LogP contribution in [-0.4, -0.2) is 28.8 Å². The normalized spacial score (nSPS) is 12.1. The van der Waals surface area contributed by atoms with Crippen molar-refractivity contribution in [2.24, 2.45) is 0 Å². The smallest absolute Gasteiger partial charge is 0.408 e. The molecule has 5 heteroatoms. The molecule has 0 aromatic heterocycles. The number of carbonyl (C=O) groups is 2. The average molecular weight is 325 g/mol. The summed E-state index contributed by atoms with van der Waals surface area (Å²) in [6, 6.07) is -1.11. The highest BCUT2D eigenvalue weighted by Gasteiger charge is 2.27. The van der Waals surface area contributed by atoms with Gasteiger partial charge in [-0.05, 0) is 53.0 Å². The Morgan fingerprint density at radius 3 is 2.22 bits per heavy atom. The largest absolute Gasteiger partial charge is 0.479 e. The van der Waals surface area contributed by atoms with Crippen molar-refractivity contribution in [3.05, 3.63) is 16.9 Å². The van der Waals surface area contributed by atoms with E-state index in [4.69, 9.17) is 4.74 Å². The number of alkyl carbamates (subject to hydrolysis) is 1. The molecule has 5 nitrogen and oxygen atoms in total. The van der Waals surface area contributed by atoms with Gasteiger partial charge in [-0.15, -0.1) is 5.73 Å². The third kappa shape index (κ3) is 10.6. The van der Waals surface area contributed by atoms with Gasteiger partial charge >= 0.3 is 12.1 Å². The zero-order chi connectivity index (χ0) is 18.0. The van der Waals surface area contributed by atoms with E-state index >= 15 is 0 Å². The molecule has 0 aromatic rings. The van der Waals surface area contributed by atoms with Crippen molar-refractivity contribution in [2.45, 2.75) is 85.3 Å². The van der Waals surface area contributed by atoms with Gasteiger partial charge in [-0.3, -0.25) is 0 Å². The zero-order valence-corrected chi connectivity index (χ0v) is 15.3. The Bertz CT molecular complexity index is 464. The Balaban J connectivity index is 5.13. The number of rotatable bonds is 8. The van der Waals surface area contributed by atoms with Crippen molar-refractivity contribution in [3.8, 4) is 0 Å². The number of carbonyl (C=O) groups excluding carboxylic acids is 1. The number of nitrogens with one attached hydrogen (secondary N) is 1. The van der Waals surface area contributed by atoms with Crippen LogP contribution in [0.1, 0.15) is 73.6 Å². The van der Waals surface area contributed by atoms with E-state index in [-0.39, 0.29) is 0 Å². The van der Waals surface area contributed by atoms with E-state index in [0.717, 1.165) is 31.3 Å². The molecule has 23 heavy (non-hydrogen) atoms. The van der Waals surface area contributed by atoms with Crippen LogP contribution < -0.4 is 5.32 Å². The topological polar surface area (TPSA) is 75.6 Å². The molecular formula is C18H31NO4. The monoisotopic (exact) mass is 325 g/mol. The van der Waals surface area contributed by atoms with Crippen LogP contribution in [0, 0.1) is 0 Å². The maximum atomic E-state index is 11.9. The van der Waals surface area contributed by atoms with Gasteiger partial charge in [0.2, 0.25) is 0 Å². The summed E-state index contributed by atoms with van der Waals surface area (Å²) in [5, 5.41) is 11.9. The van der Waals surface area contributed by atoms with Crippen LogP contribution in [0.3, 0.4) is 0 Å². The van der Waals surface area contributed by atoms with Crippen LogP contribution in [0.15, 0.2) is 16.9 Å². The van der Waals surface area contributed by atoms with Gasteiger partial charge in [0.1, 0.15) is 5.60 Å². The Hall–Kier alpha value is -1.74. The number of carboxylic acid groups (broad SMARTS) is 1. The van der Waals surface area contributed by atoms with E-state index in [1.807, 2.05) is 13.8 Å². The Kier molecular flexibility index (Phi) is 9.35. The first-order valence-electron chi connectivity index (χ1n) is 8.22. The average Bonchev–Trinajstić information content (AvgIpc) is 2.37. The van der Waals surface area contributed by atoms with Crippen molar-refractivity contribution < 1.29 is 19.4 Å². The van der Waals surface area contributed by atoms with Crippen LogP contribution in [0.2, 0.25) is 0 Å². The molecule has 0 aliphatic rings. The minimum absolute atomic E-state index is 0.583. The first-order valence-corrected chi connectivity index (χ1v) is 8.22.